The first-order valence-corrected chi connectivity index (χ1v) is 7.51. The molecule has 0 aromatic heterocycles. The molecule has 0 atom stereocenters. The van der Waals surface area contributed by atoms with Gasteiger partial charge < -0.3 is 19.9 Å². The van der Waals surface area contributed by atoms with Gasteiger partial charge in [-0.3, -0.25) is 4.79 Å². The van der Waals surface area contributed by atoms with Crippen molar-refractivity contribution in [3.8, 4) is 5.75 Å². The predicted molar refractivity (Wildman–Crippen MR) is 80.9 cm³/mol. The monoisotopic (exact) mass is 313 g/mol. The number of amides is 1. The Kier molecular flexibility index (Phi) is 6.29. The number of benzene rings is 1. The van der Waals surface area contributed by atoms with E-state index in [0.29, 0.717) is 16.5 Å². The van der Waals surface area contributed by atoms with Gasteiger partial charge in [0.15, 0.2) is 0 Å². The number of carbonyl (C=O) groups excluding carboxylic acids is 1. The van der Waals surface area contributed by atoms with Crippen LogP contribution in [0.25, 0.3) is 0 Å². The van der Waals surface area contributed by atoms with Crippen molar-refractivity contribution in [1.82, 2.24) is 0 Å². The van der Waals surface area contributed by atoms with Crippen LogP contribution in [0.1, 0.15) is 25.7 Å². The Bertz CT molecular complexity index is 475. The summed E-state index contributed by atoms with van der Waals surface area (Å²) in [7, 11) is 0. The maximum Gasteiger partial charge on any atom is 0.250 e. The van der Waals surface area contributed by atoms with Crippen LogP contribution in [0.5, 0.6) is 5.75 Å². The summed E-state index contributed by atoms with van der Waals surface area (Å²) >= 11 is 6.18. The second kappa shape index (κ2) is 8.22. The molecule has 0 unspecified atom stereocenters. The lowest BCUT2D eigenvalue weighted by atomic mass is 10.2. The third kappa shape index (κ3) is 5.19. The highest BCUT2D eigenvalue weighted by molar-refractivity contribution is 6.32. The molecule has 1 aliphatic carbocycles. The van der Waals surface area contributed by atoms with Crippen LogP contribution in [0.4, 0.5) is 5.69 Å². The van der Waals surface area contributed by atoms with Crippen molar-refractivity contribution in [1.29, 1.82) is 0 Å². The number of nitrogens with one attached hydrogen (secondary N) is 1. The first-order valence-electron chi connectivity index (χ1n) is 7.13. The van der Waals surface area contributed by atoms with Crippen LogP contribution in [0, 0.1) is 0 Å². The Morgan fingerprint density at radius 2 is 2.14 bits per heavy atom. The first kappa shape index (κ1) is 16.1. The Morgan fingerprint density at radius 3 is 2.81 bits per heavy atom. The summed E-state index contributed by atoms with van der Waals surface area (Å²) in [6.45, 7) is -0.0623. The normalized spacial score (nSPS) is 15.1. The molecular weight excluding hydrogens is 294 g/mol. The summed E-state index contributed by atoms with van der Waals surface area (Å²) in [4.78, 5) is 11.6. The van der Waals surface area contributed by atoms with Gasteiger partial charge in [0.2, 0.25) is 5.91 Å². The number of hydrogen-bond donors (Lipinski definition) is 2. The lowest BCUT2D eigenvalue weighted by Crippen LogP contribution is -2.19. The molecule has 0 spiro atoms. The number of anilines is 1. The number of aliphatic hydroxyl groups is 1. The number of carbonyl (C=O) groups is 1. The van der Waals surface area contributed by atoms with Crippen LogP contribution in [0.2, 0.25) is 5.02 Å². The molecule has 1 aromatic carbocycles. The summed E-state index contributed by atoms with van der Waals surface area (Å²) < 4.78 is 10.8. The van der Waals surface area contributed by atoms with Crippen molar-refractivity contribution in [2.45, 2.75) is 31.8 Å². The Labute approximate surface area is 129 Å². The van der Waals surface area contributed by atoms with Gasteiger partial charge >= 0.3 is 0 Å². The zero-order valence-corrected chi connectivity index (χ0v) is 12.6. The zero-order valence-electron chi connectivity index (χ0n) is 11.8. The van der Waals surface area contributed by atoms with Crippen molar-refractivity contribution in [2.75, 3.05) is 25.1 Å². The summed E-state index contributed by atoms with van der Waals surface area (Å²) in [6.07, 6.45) is 4.78. The van der Waals surface area contributed by atoms with Gasteiger partial charge in [0.1, 0.15) is 12.4 Å². The standard InChI is InChI=1S/C15H20ClNO4/c16-13-9-11(17-15(19)10-20-8-7-18)5-6-14(13)21-12-3-1-2-4-12/h5-6,9,12,18H,1-4,7-8,10H2,(H,17,19). The van der Waals surface area contributed by atoms with E-state index >= 15 is 0 Å². The first-order chi connectivity index (χ1) is 10.2. The van der Waals surface area contributed by atoms with E-state index in [-0.39, 0.29) is 31.8 Å². The quantitative estimate of drug-likeness (QED) is 0.759. The summed E-state index contributed by atoms with van der Waals surface area (Å²) in [5, 5.41) is 11.7. The molecule has 1 saturated carbocycles. The smallest absolute Gasteiger partial charge is 0.250 e. The van der Waals surface area contributed by atoms with Gasteiger partial charge in [-0.05, 0) is 43.9 Å². The molecule has 0 radical (unpaired) electrons. The van der Waals surface area contributed by atoms with Crippen molar-refractivity contribution in [2.24, 2.45) is 0 Å². The van der Waals surface area contributed by atoms with E-state index in [0.717, 1.165) is 12.8 Å². The maximum absolute atomic E-state index is 11.6. The fraction of sp³-hybridized carbons (Fsp3) is 0.533. The van der Waals surface area contributed by atoms with Crippen molar-refractivity contribution in [3.63, 3.8) is 0 Å². The molecule has 0 bridgehead atoms. The fourth-order valence-corrected chi connectivity index (χ4v) is 2.51. The van der Waals surface area contributed by atoms with Crippen LogP contribution < -0.4 is 10.1 Å². The SMILES string of the molecule is O=C(COCCO)Nc1ccc(OC2CCCC2)c(Cl)c1. The van der Waals surface area contributed by atoms with Crippen LogP contribution >= 0.6 is 11.6 Å². The molecule has 5 nitrogen and oxygen atoms in total. The third-order valence-electron chi connectivity index (χ3n) is 3.28. The van der Waals surface area contributed by atoms with Gasteiger partial charge in [0, 0.05) is 5.69 Å². The second-order valence-corrected chi connectivity index (χ2v) is 5.40. The lowest BCUT2D eigenvalue weighted by Gasteiger charge is -2.15. The van der Waals surface area contributed by atoms with E-state index in [9.17, 15) is 4.79 Å². The average Bonchev–Trinajstić information content (AvgIpc) is 2.95. The van der Waals surface area contributed by atoms with E-state index in [1.54, 1.807) is 18.2 Å². The predicted octanol–water partition coefficient (Wildman–Crippen LogP) is 2.61. The minimum Gasteiger partial charge on any atom is -0.489 e. The van der Waals surface area contributed by atoms with E-state index < -0.39 is 0 Å². The fourth-order valence-electron chi connectivity index (χ4n) is 2.29. The van der Waals surface area contributed by atoms with Gasteiger partial charge in [-0.15, -0.1) is 0 Å². The van der Waals surface area contributed by atoms with Crippen molar-refractivity contribution >= 4 is 23.2 Å². The average molecular weight is 314 g/mol. The van der Waals surface area contributed by atoms with E-state index in [4.69, 9.17) is 26.2 Å². The second-order valence-electron chi connectivity index (χ2n) is 4.99. The molecule has 1 aromatic rings. The summed E-state index contributed by atoms with van der Waals surface area (Å²) in [5.41, 5.74) is 0.594. The highest BCUT2D eigenvalue weighted by atomic mass is 35.5. The van der Waals surface area contributed by atoms with Gasteiger partial charge in [0.05, 0.1) is 24.3 Å². The molecule has 1 amide bonds. The molecule has 0 saturated heterocycles. The van der Waals surface area contributed by atoms with Crippen LogP contribution in [-0.4, -0.2) is 36.9 Å². The van der Waals surface area contributed by atoms with Gasteiger partial charge in [0.25, 0.3) is 0 Å². The molecule has 1 aliphatic rings. The van der Waals surface area contributed by atoms with E-state index in [1.807, 2.05) is 0 Å². The topological polar surface area (TPSA) is 67.8 Å². The number of rotatable bonds is 7. The molecular formula is C15H20ClNO4. The lowest BCUT2D eigenvalue weighted by molar-refractivity contribution is -0.120. The number of halogens is 1. The zero-order chi connectivity index (χ0) is 15.1. The third-order valence-corrected chi connectivity index (χ3v) is 3.58. The van der Waals surface area contributed by atoms with Crippen LogP contribution in [0.15, 0.2) is 18.2 Å². The van der Waals surface area contributed by atoms with Crippen LogP contribution in [0.3, 0.4) is 0 Å². The number of ether oxygens (including phenoxy) is 2. The number of aliphatic hydroxyl groups excluding tert-OH is 1. The van der Waals surface area contributed by atoms with Crippen molar-refractivity contribution < 1.29 is 19.4 Å². The Balaban J connectivity index is 1.87. The molecule has 21 heavy (non-hydrogen) atoms. The highest BCUT2D eigenvalue weighted by Gasteiger charge is 2.17. The molecule has 2 rings (SSSR count). The maximum atomic E-state index is 11.6. The van der Waals surface area contributed by atoms with E-state index in [2.05, 4.69) is 5.32 Å². The molecule has 1 fully saturated rings. The molecule has 6 heteroatoms. The largest absolute Gasteiger partial charge is 0.489 e. The number of hydrogen-bond acceptors (Lipinski definition) is 4. The van der Waals surface area contributed by atoms with Crippen LogP contribution in [-0.2, 0) is 9.53 Å². The Hall–Kier alpha value is -1.30. The van der Waals surface area contributed by atoms with Gasteiger partial charge in [-0.2, -0.15) is 0 Å². The molecule has 0 aliphatic heterocycles. The summed E-state index contributed by atoms with van der Waals surface area (Å²) in [5.74, 6) is 0.363. The summed E-state index contributed by atoms with van der Waals surface area (Å²) in [6, 6.07) is 5.18. The Morgan fingerprint density at radius 1 is 1.38 bits per heavy atom. The highest BCUT2D eigenvalue weighted by Crippen LogP contribution is 2.31. The van der Waals surface area contributed by atoms with E-state index in [1.165, 1.54) is 12.8 Å². The van der Waals surface area contributed by atoms with Gasteiger partial charge in [-0.25, -0.2) is 0 Å². The molecule has 0 heterocycles. The molecule has 2 N–H and O–H groups in total. The minimum atomic E-state index is -0.288. The molecule has 116 valence electrons. The minimum absolute atomic E-state index is 0.0987. The van der Waals surface area contributed by atoms with Gasteiger partial charge in [-0.1, -0.05) is 11.6 Å². The van der Waals surface area contributed by atoms with Crippen molar-refractivity contribution in [3.05, 3.63) is 23.2 Å².